The zero-order valence-electron chi connectivity index (χ0n) is 10.2. The van der Waals surface area contributed by atoms with Gasteiger partial charge >= 0.3 is 0 Å². The predicted molar refractivity (Wildman–Crippen MR) is 73.2 cm³/mol. The fraction of sp³-hybridized carbons (Fsp3) is 0.462. The topological polar surface area (TPSA) is 41.6 Å². The molecule has 1 amide bonds. The van der Waals surface area contributed by atoms with E-state index in [9.17, 15) is 4.79 Å². The Balaban J connectivity index is 1.73. The van der Waals surface area contributed by atoms with Crippen molar-refractivity contribution in [1.82, 2.24) is 10.2 Å². The maximum absolute atomic E-state index is 11.9. The monoisotopic (exact) mass is 312 g/mol. The lowest BCUT2D eigenvalue weighted by molar-refractivity contribution is -0.134. The molecule has 2 rings (SSSR count). The molecule has 0 bridgehead atoms. The highest BCUT2D eigenvalue weighted by Gasteiger charge is 2.15. The minimum absolute atomic E-state index is 0.147. The summed E-state index contributed by atoms with van der Waals surface area (Å²) in [6, 6.07) is 8.07. The van der Waals surface area contributed by atoms with Gasteiger partial charge in [-0.25, -0.2) is 0 Å². The molecule has 0 atom stereocenters. The molecule has 98 valence electrons. The Kier molecular flexibility index (Phi) is 5.16. The Hall–Kier alpha value is -0.910. The third-order valence-electron chi connectivity index (χ3n) is 2.86. The number of nitrogens with one attached hydrogen (secondary N) is 1. The van der Waals surface area contributed by atoms with Crippen LogP contribution in [0, 0.1) is 0 Å². The first-order valence-electron chi connectivity index (χ1n) is 6.06. The summed E-state index contributed by atoms with van der Waals surface area (Å²) >= 11 is 3.43. The third-order valence-corrected chi connectivity index (χ3v) is 3.35. The van der Waals surface area contributed by atoms with E-state index in [1.54, 1.807) is 0 Å². The Labute approximate surface area is 115 Å². The summed E-state index contributed by atoms with van der Waals surface area (Å²) in [6.07, 6.45) is 0. The molecule has 1 heterocycles. The molecular weight excluding hydrogens is 296 g/mol. The number of halogens is 1. The summed E-state index contributed by atoms with van der Waals surface area (Å²) in [5.74, 6) is 0.147. The van der Waals surface area contributed by atoms with Crippen molar-refractivity contribution in [3.8, 4) is 0 Å². The van der Waals surface area contributed by atoms with Gasteiger partial charge < -0.3 is 15.0 Å². The maximum atomic E-state index is 11.9. The number of nitrogens with zero attached hydrogens (tertiary/aromatic N) is 1. The van der Waals surface area contributed by atoms with E-state index in [1.807, 2.05) is 29.2 Å². The first-order chi connectivity index (χ1) is 8.75. The van der Waals surface area contributed by atoms with Crippen molar-refractivity contribution in [1.29, 1.82) is 0 Å². The first-order valence-corrected chi connectivity index (χ1v) is 6.86. The van der Waals surface area contributed by atoms with E-state index in [-0.39, 0.29) is 5.91 Å². The van der Waals surface area contributed by atoms with Gasteiger partial charge in [0.2, 0.25) is 5.91 Å². The molecule has 1 fully saturated rings. The van der Waals surface area contributed by atoms with E-state index in [4.69, 9.17) is 4.74 Å². The van der Waals surface area contributed by atoms with Gasteiger partial charge in [0, 0.05) is 24.1 Å². The molecule has 0 saturated carbocycles. The van der Waals surface area contributed by atoms with Crippen molar-refractivity contribution < 1.29 is 9.53 Å². The highest BCUT2D eigenvalue weighted by atomic mass is 79.9. The summed E-state index contributed by atoms with van der Waals surface area (Å²) in [5, 5.41) is 3.17. The lowest BCUT2D eigenvalue weighted by atomic mass is 10.2. The average molecular weight is 313 g/mol. The van der Waals surface area contributed by atoms with E-state index in [1.165, 1.54) is 5.56 Å². The molecule has 0 aromatic heterocycles. The zero-order valence-corrected chi connectivity index (χ0v) is 11.8. The van der Waals surface area contributed by atoms with Gasteiger partial charge in [0.25, 0.3) is 0 Å². The normalized spacial score (nSPS) is 15.7. The van der Waals surface area contributed by atoms with Crippen LogP contribution in [0.3, 0.4) is 0 Å². The summed E-state index contributed by atoms with van der Waals surface area (Å²) in [4.78, 5) is 13.7. The number of amides is 1. The van der Waals surface area contributed by atoms with Crippen LogP contribution in [0.4, 0.5) is 0 Å². The fourth-order valence-electron chi connectivity index (χ4n) is 1.89. The predicted octanol–water partition coefficient (Wildman–Crippen LogP) is 1.40. The number of rotatable bonds is 4. The van der Waals surface area contributed by atoms with Crippen LogP contribution in [0.1, 0.15) is 5.56 Å². The van der Waals surface area contributed by atoms with Gasteiger partial charge in [-0.05, 0) is 17.7 Å². The molecule has 18 heavy (non-hydrogen) atoms. The van der Waals surface area contributed by atoms with Crippen molar-refractivity contribution in [2.45, 2.75) is 6.54 Å². The average Bonchev–Trinajstić information content (AvgIpc) is 2.40. The van der Waals surface area contributed by atoms with Gasteiger partial charge in [-0.2, -0.15) is 0 Å². The smallest absolute Gasteiger partial charge is 0.236 e. The van der Waals surface area contributed by atoms with Crippen LogP contribution in [0.2, 0.25) is 0 Å². The van der Waals surface area contributed by atoms with Gasteiger partial charge in [0.15, 0.2) is 0 Å². The van der Waals surface area contributed by atoms with Crippen LogP contribution in [0.25, 0.3) is 0 Å². The molecular formula is C13H17BrN2O2. The molecule has 0 spiro atoms. The molecule has 1 aromatic carbocycles. The quantitative estimate of drug-likeness (QED) is 0.913. The second-order valence-electron chi connectivity index (χ2n) is 4.23. The Morgan fingerprint density at radius 2 is 2.17 bits per heavy atom. The Bertz CT molecular complexity index is 406. The number of carbonyl (C=O) groups excluding carboxylic acids is 1. The fourth-order valence-corrected chi connectivity index (χ4v) is 2.33. The molecule has 0 unspecified atom stereocenters. The number of benzene rings is 1. The molecule has 0 aliphatic carbocycles. The van der Waals surface area contributed by atoms with Crippen LogP contribution in [-0.2, 0) is 16.1 Å². The van der Waals surface area contributed by atoms with Crippen molar-refractivity contribution in [3.63, 3.8) is 0 Å². The van der Waals surface area contributed by atoms with Crippen LogP contribution >= 0.6 is 15.9 Å². The first kappa shape index (κ1) is 13.5. The lowest BCUT2D eigenvalue weighted by Gasteiger charge is -2.26. The van der Waals surface area contributed by atoms with E-state index in [0.717, 1.165) is 4.47 Å². The van der Waals surface area contributed by atoms with Crippen LogP contribution < -0.4 is 5.32 Å². The van der Waals surface area contributed by atoms with Crippen molar-refractivity contribution in [3.05, 3.63) is 34.3 Å². The maximum Gasteiger partial charge on any atom is 0.236 e. The molecule has 1 N–H and O–H groups in total. The summed E-state index contributed by atoms with van der Waals surface area (Å²) in [7, 11) is 0. The summed E-state index contributed by atoms with van der Waals surface area (Å²) in [6.45, 7) is 3.80. The number of ether oxygens (including phenoxy) is 1. The third kappa shape index (κ3) is 4.08. The van der Waals surface area contributed by atoms with E-state index >= 15 is 0 Å². The molecule has 1 aromatic rings. The number of carbonyl (C=O) groups is 1. The van der Waals surface area contributed by atoms with E-state index in [0.29, 0.717) is 39.4 Å². The zero-order chi connectivity index (χ0) is 12.8. The van der Waals surface area contributed by atoms with Crippen LogP contribution in [0.15, 0.2) is 28.7 Å². The molecule has 5 heteroatoms. The van der Waals surface area contributed by atoms with Crippen molar-refractivity contribution in [2.75, 3.05) is 32.8 Å². The molecule has 1 saturated heterocycles. The second kappa shape index (κ2) is 6.87. The van der Waals surface area contributed by atoms with Gasteiger partial charge in [-0.1, -0.05) is 28.1 Å². The second-order valence-corrected chi connectivity index (χ2v) is 5.14. The van der Waals surface area contributed by atoms with Crippen LogP contribution in [0.5, 0.6) is 0 Å². The largest absolute Gasteiger partial charge is 0.378 e. The highest BCUT2D eigenvalue weighted by molar-refractivity contribution is 9.10. The Morgan fingerprint density at radius 3 is 2.89 bits per heavy atom. The summed E-state index contributed by atoms with van der Waals surface area (Å²) < 4.78 is 6.27. The van der Waals surface area contributed by atoms with Gasteiger partial charge in [0.05, 0.1) is 19.8 Å². The molecule has 1 aliphatic heterocycles. The Morgan fingerprint density at radius 1 is 1.39 bits per heavy atom. The van der Waals surface area contributed by atoms with E-state index in [2.05, 4.69) is 21.2 Å². The number of hydrogen-bond donors (Lipinski definition) is 1. The standard InChI is InChI=1S/C13H17BrN2O2/c14-12-3-1-2-11(8-12)9-15-10-13(17)16-4-6-18-7-5-16/h1-3,8,15H,4-7,9-10H2. The van der Waals surface area contributed by atoms with Gasteiger partial charge in [0.1, 0.15) is 0 Å². The van der Waals surface area contributed by atoms with Gasteiger partial charge in [-0.3, -0.25) is 4.79 Å². The lowest BCUT2D eigenvalue weighted by Crippen LogP contribution is -2.44. The molecule has 1 aliphatic rings. The number of morpholine rings is 1. The molecule has 4 nitrogen and oxygen atoms in total. The van der Waals surface area contributed by atoms with Gasteiger partial charge in [-0.15, -0.1) is 0 Å². The van der Waals surface area contributed by atoms with E-state index < -0.39 is 0 Å². The number of hydrogen-bond acceptors (Lipinski definition) is 3. The summed E-state index contributed by atoms with van der Waals surface area (Å²) in [5.41, 5.74) is 1.17. The SMILES string of the molecule is O=C(CNCc1cccc(Br)c1)N1CCOCC1. The highest BCUT2D eigenvalue weighted by Crippen LogP contribution is 2.11. The minimum Gasteiger partial charge on any atom is -0.378 e. The molecule has 0 radical (unpaired) electrons. The minimum atomic E-state index is 0.147. The van der Waals surface area contributed by atoms with Crippen LogP contribution in [-0.4, -0.2) is 43.7 Å². The van der Waals surface area contributed by atoms with Crippen molar-refractivity contribution in [2.24, 2.45) is 0 Å². The van der Waals surface area contributed by atoms with Crippen molar-refractivity contribution >= 4 is 21.8 Å².